The predicted molar refractivity (Wildman–Crippen MR) is 56.4 cm³/mol. The van der Waals surface area contributed by atoms with Gasteiger partial charge in [-0.2, -0.15) is 5.26 Å². The second-order valence-electron chi connectivity index (χ2n) is 2.91. The molecular weight excluding hydrogens is 216 g/mol. The zero-order valence-electron chi connectivity index (χ0n) is 8.03. The number of nitrogen functional groups attached to an aromatic ring is 1. The van der Waals surface area contributed by atoms with Crippen LogP contribution in [0.3, 0.4) is 0 Å². The molecular formula is C10H9ClN2O2. The van der Waals surface area contributed by atoms with Crippen molar-refractivity contribution in [1.29, 1.82) is 5.26 Å². The number of carbonyl (C=O) groups is 1. The van der Waals surface area contributed by atoms with Gasteiger partial charge in [-0.25, -0.2) is 4.79 Å². The van der Waals surface area contributed by atoms with E-state index in [2.05, 4.69) is 0 Å². The molecule has 0 saturated heterocycles. The fraction of sp³-hybridized carbons (Fsp3) is 0.200. The number of nitrogens with zero attached hydrogens (tertiary/aromatic N) is 1. The smallest absolute Gasteiger partial charge is 0.339 e. The van der Waals surface area contributed by atoms with Crippen molar-refractivity contribution in [2.24, 2.45) is 0 Å². The zero-order chi connectivity index (χ0) is 11.4. The highest BCUT2D eigenvalue weighted by Gasteiger charge is 2.12. The molecule has 5 heteroatoms. The van der Waals surface area contributed by atoms with Crippen molar-refractivity contribution in [3.63, 3.8) is 0 Å². The van der Waals surface area contributed by atoms with Crippen molar-refractivity contribution >= 4 is 23.3 Å². The summed E-state index contributed by atoms with van der Waals surface area (Å²) in [6.45, 7) is 1.48. The fourth-order valence-electron chi connectivity index (χ4n) is 0.926. The highest BCUT2D eigenvalue weighted by atomic mass is 35.5. The van der Waals surface area contributed by atoms with E-state index < -0.39 is 12.1 Å². The van der Waals surface area contributed by atoms with Crippen LogP contribution in [0, 0.1) is 11.3 Å². The summed E-state index contributed by atoms with van der Waals surface area (Å²) in [5.41, 5.74) is 6.10. The highest BCUT2D eigenvalue weighted by molar-refractivity contribution is 6.33. The number of ether oxygens (including phenoxy) is 1. The number of nitrogens with two attached hydrogens (primary N) is 1. The van der Waals surface area contributed by atoms with E-state index in [1.54, 1.807) is 6.07 Å². The lowest BCUT2D eigenvalue weighted by Crippen LogP contribution is -2.13. The second-order valence-corrected chi connectivity index (χ2v) is 3.32. The number of benzene rings is 1. The molecule has 0 aliphatic carbocycles. The number of anilines is 1. The van der Waals surface area contributed by atoms with E-state index in [4.69, 9.17) is 27.3 Å². The molecule has 15 heavy (non-hydrogen) atoms. The van der Waals surface area contributed by atoms with Gasteiger partial charge in [0, 0.05) is 0 Å². The topological polar surface area (TPSA) is 76.1 Å². The van der Waals surface area contributed by atoms with Gasteiger partial charge in [0.2, 0.25) is 0 Å². The van der Waals surface area contributed by atoms with Gasteiger partial charge in [0.15, 0.2) is 6.10 Å². The van der Waals surface area contributed by atoms with Crippen LogP contribution in [0.1, 0.15) is 17.3 Å². The maximum atomic E-state index is 11.4. The van der Waals surface area contributed by atoms with Crippen molar-refractivity contribution in [2.45, 2.75) is 13.0 Å². The van der Waals surface area contributed by atoms with Gasteiger partial charge in [0.05, 0.1) is 16.3 Å². The van der Waals surface area contributed by atoms with Crippen LogP contribution in [0.4, 0.5) is 5.69 Å². The predicted octanol–water partition coefficient (Wildman–Crippen LogP) is 1.99. The van der Waals surface area contributed by atoms with E-state index in [1.807, 2.05) is 0 Å². The Labute approximate surface area is 92.2 Å². The first kappa shape index (κ1) is 11.3. The number of hydrogen-bond donors (Lipinski definition) is 1. The number of halogens is 1. The van der Waals surface area contributed by atoms with Gasteiger partial charge in [0.25, 0.3) is 0 Å². The van der Waals surface area contributed by atoms with E-state index in [9.17, 15) is 4.79 Å². The third-order valence-electron chi connectivity index (χ3n) is 1.70. The number of hydrogen-bond acceptors (Lipinski definition) is 4. The SMILES string of the molecule is CC(C#N)OC(=O)c1ccc(Cl)c(N)c1. The van der Waals surface area contributed by atoms with Crippen LogP contribution in [-0.4, -0.2) is 12.1 Å². The quantitative estimate of drug-likeness (QED) is 0.616. The lowest BCUT2D eigenvalue weighted by atomic mass is 10.2. The van der Waals surface area contributed by atoms with Crippen LogP contribution in [0.5, 0.6) is 0 Å². The molecule has 1 rings (SSSR count). The molecule has 0 bridgehead atoms. The first-order valence-electron chi connectivity index (χ1n) is 4.20. The molecule has 78 valence electrons. The Bertz CT molecular complexity index is 426. The molecule has 0 heterocycles. The molecule has 1 aromatic carbocycles. The maximum absolute atomic E-state index is 11.4. The van der Waals surface area contributed by atoms with Crippen molar-refractivity contribution in [3.05, 3.63) is 28.8 Å². The molecule has 1 atom stereocenters. The van der Waals surface area contributed by atoms with Crippen LogP contribution in [0.25, 0.3) is 0 Å². The van der Waals surface area contributed by atoms with Gasteiger partial charge in [-0.1, -0.05) is 11.6 Å². The van der Waals surface area contributed by atoms with Crippen molar-refractivity contribution in [2.75, 3.05) is 5.73 Å². The van der Waals surface area contributed by atoms with E-state index in [1.165, 1.54) is 25.1 Å². The Morgan fingerprint density at radius 1 is 1.67 bits per heavy atom. The van der Waals surface area contributed by atoms with Crippen molar-refractivity contribution in [3.8, 4) is 6.07 Å². The Morgan fingerprint density at radius 2 is 2.33 bits per heavy atom. The van der Waals surface area contributed by atoms with Gasteiger partial charge < -0.3 is 10.5 Å². The zero-order valence-corrected chi connectivity index (χ0v) is 8.78. The van der Waals surface area contributed by atoms with Crippen LogP contribution in [0.15, 0.2) is 18.2 Å². The molecule has 1 unspecified atom stereocenters. The minimum absolute atomic E-state index is 0.277. The molecule has 0 aromatic heterocycles. The first-order chi connectivity index (χ1) is 7.04. The molecule has 4 nitrogen and oxygen atoms in total. The summed E-state index contributed by atoms with van der Waals surface area (Å²) in [5.74, 6) is -0.590. The summed E-state index contributed by atoms with van der Waals surface area (Å²) < 4.78 is 4.78. The molecule has 0 aliphatic rings. The van der Waals surface area contributed by atoms with Crippen LogP contribution in [0.2, 0.25) is 5.02 Å². The highest BCUT2D eigenvalue weighted by Crippen LogP contribution is 2.20. The maximum Gasteiger partial charge on any atom is 0.339 e. The first-order valence-corrected chi connectivity index (χ1v) is 4.58. The van der Waals surface area contributed by atoms with Crippen LogP contribution >= 0.6 is 11.6 Å². The second kappa shape index (κ2) is 4.67. The molecule has 0 radical (unpaired) electrons. The van der Waals surface area contributed by atoms with E-state index in [0.717, 1.165) is 0 Å². The third-order valence-corrected chi connectivity index (χ3v) is 2.04. The number of nitriles is 1. The summed E-state index contributed by atoms with van der Waals surface area (Å²) in [6, 6.07) is 6.20. The summed E-state index contributed by atoms with van der Waals surface area (Å²) in [6.07, 6.45) is -0.783. The Balaban J connectivity index is 2.84. The third kappa shape index (κ3) is 2.86. The molecule has 1 aromatic rings. The van der Waals surface area contributed by atoms with Crippen LogP contribution in [-0.2, 0) is 4.74 Å². The van der Waals surface area contributed by atoms with E-state index >= 15 is 0 Å². The lowest BCUT2D eigenvalue weighted by molar-refractivity contribution is 0.0435. The molecule has 0 aliphatic heterocycles. The van der Waals surface area contributed by atoms with Crippen LogP contribution < -0.4 is 5.73 Å². The normalized spacial score (nSPS) is 11.5. The van der Waals surface area contributed by atoms with Gasteiger partial charge >= 0.3 is 5.97 Å². The standard InChI is InChI=1S/C10H9ClN2O2/c1-6(5-12)15-10(14)7-2-3-8(11)9(13)4-7/h2-4,6H,13H2,1H3. The van der Waals surface area contributed by atoms with Gasteiger partial charge in [-0.3, -0.25) is 0 Å². The molecule has 0 spiro atoms. The molecule has 2 N–H and O–H groups in total. The summed E-state index contributed by atoms with van der Waals surface area (Å²) >= 11 is 5.69. The monoisotopic (exact) mass is 224 g/mol. The van der Waals surface area contributed by atoms with E-state index in [-0.39, 0.29) is 5.56 Å². The number of carbonyl (C=O) groups excluding carboxylic acids is 1. The number of esters is 1. The average Bonchev–Trinajstić information content (AvgIpc) is 2.21. The van der Waals surface area contributed by atoms with Gasteiger partial charge in [0.1, 0.15) is 6.07 Å². The summed E-state index contributed by atoms with van der Waals surface area (Å²) in [7, 11) is 0. The Hall–Kier alpha value is -1.73. The average molecular weight is 225 g/mol. The molecule has 0 amide bonds. The van der Waals surface area contributed by atoms with Crippen molar-refractivity contribution in [1.82, 2.24) is 0 Å². The summed E-state index contributed by atoms with van der Waals surface area (Å²) in [4.78, 5) is 11.4. The molecule has 0 saturated carbocycles. The van der Waals surface area contributed by atoms with E-state index in [0.29, 0.717) is 10.7 Å². The van der Waals surface area contributed by atoms with Gasteiger partial charge in [-0.05, 0) is 25.1 Å². The minimum Gasteiger partial charge on any atom is -0.444 e. The largest absolute Gasteiger partial charge is 0.444 e. The number of rotatable bonds is 2. The van der Waals surface area contributed by atoms with Crippen molar-refractivity contribution < 1.29 is 9.53 Å². The Kier molecular flexibility index (Phi) is 3.53. The minimum atomic E-state index is -0.783. The lowest BCUT2D eigenvalue weighted by Gasteiger charge is -2.06. The van der Waals surface area contributed by atoms with Gasteiger partial charge in [-0.15, -0.1) is 0 Å². The molecule has 0 fully saturated rings. The summed E-state index contributed by atoms with van der Waals surface area (Å²) in [5, 5.41) is 8.83. The fourth-order valence-corrected chi connectivity index (χ4v) is 1.04. The Morgan fingerprint density at radius 3 is 2.87 bits per heavy atom.